The average molecular weight is 511 g/mol. The Hall–Kier alpha value is -3.20. The Morgan fingerprint density at radius 1 is 1.12 bits per heavy atom. The highest BCUT2D eigenvalue weighted by Gasteiger charge is 2.19. The fourth-order valence-electron chi connectivity index (χ4n) is 3.35. The fraction of sp³-hybridized carbons (Fsp3) is 0.160. The van der Waals surface area contributed by atoms with E-state index in [1.54, 1.807) is 11.6 Å². The van der Waals surface area contributed by atoms with Crippen LogP contribution in [0.15, 0.2) is 72.9 Å². The lowest BCUT2D eigenvalue weighted by molar-refractivity contribution is 0.0528. The minimum absolute atomic E-state index is 0.299. The molecular weight excluding hydrogens is 488 g/mol. The van der Waals surface area contributed by atoms with E-state index in [2.05, 4.69) is 27.9 Å². The molecule has 0 fully saturated rings. The largest absolute Gasteiger partial charge is 0.462 e. The van der Waals surface area contributed by atoms with E-state index in [1.165, 1.54) is 11.3 Å². The summed E-state index contributed by atoms with van der Waals surface area (Å²) >= 11 is 13.2. The molecule has 6 nitrogen and oxygen atoms in total. The van der Waals surface area contributed by atoms with Crippen molar-refractivity contribution in [2.75, 3.05) is 17.2 Å². The van der Waals surface area contributed by atoms with Gasteiger partial charge in [0.2, 0.25) is 0 Å². The van der Waals surface area contributed by atoms with Gasteiger partial charge in [0.1, 0.15) is 5.00 Å². The van der Waals surface area contributed by atoms with Gasteiger partial charge >= 0.3 is 5.97 Å². The Labute approximate surface area is 212 Å². The molecular formula is C25H23ClN4O2S2. The second-order valence-corrected chi connectivity index (χ2v) is 9.36. The number of hydrogen-bond acceptors (Lipinski definition) is 5. The molecule has 0 unspecified atom stereocenters. The van der Waals surface area contributed by atoms with Gasteiger partial charge in [-0.3, -0.25) is 4.68 Å². The first-order valence-electron chi connectivity index (χ1n) is 10.7. The van der Waals surface area contributed by atoms with Crippen LogP contribution in [-0.4, -0.2) is 27.5 Å². The highest BCUT2D eigenvalue weighted by atomic mass is 35.5. The molecule has 0 spiro atoms. The van der Waals surface area contributed by atoms with Crippen molar-refractivity contribution in [3.05, 3.63) is 99.5 Å². The van der Waals surface area contributed by atoms with Crippen molar-refractivity contribution in [1.29, 1.82) is 0 Å². The second kappa shape index (κ2) is 11.3. The molecule has 2 N–H and O–H groups in total. The quantitative estimate of drug-likeness (QED) is 0.216. The van der Waals surface area contributed by atoms with Crippen LogP contribution in [-0.2, 0) is 17.7 Å². The maximum absolute atomic E-state index is 12.5. The Kier molecular flexibility index (Phi) is 7.95. The number of hydrogen-bond donors (Lipinski definition) is 2. The Balaban J connectivity index is 1.45. The number of ether oxygens (including phenoxy) is 1. The highest BCUT2D eigenvalue weighted by Crippen LogP contribution is 2.31. The van der Waals surface area contributed by atoms with Crippen molar-refractivity contribution >= 4 is 57.1 Å². The smallest absolute Gasteiger partial charge is 0.341 e. The van der Waals surface area contributed by atoms with E-state index in [4.69, 9.17) is 28.6 Å². The summed E-state index contributed by atoms with van der Waals surface area (Å²) in [6.45, 7) is 2.63. The van der Waals surface area contributed by atoms with Crippen LogP contribution in [0.25, 0.3) is 0 Å². The number of carbonyl (C=O) groups is 1. The summed E-state index contributed by atoms with van der Waals surface area (Å²) in [4.78, 5) is 13.6. The summed E-state index contributed by atoms with van der Waals surface area (Å²) in [7, 11) is 0. The first-order valence-corrected chi connectivity index (χ1v) is 12.3. The fourth-order valence-corrected chi connectivity index (χ4v) is 4.90. The number of rotatable bonds is 8. The zero-order chi connectivity index (χ0) is 23.9. The van der Waals surface area contributed by atoms with E-state index in [0.717, 1.165) is 16.0 Å². The third-order valence-corrected chi connectivity index (χ3v) is 6.52. The van der Waals surface area contributed by atoms with Gasteiger partial charge in [0, 0.05) is 28.6 Å². The summed E-state index contributed by atoms with van der Waals surface area (Å²) in [5.74, 6) is 0.204. The van der Waals surface area contributed by atoms with E-state index >= 15 is 0 Å². The van der Waals surface area contributed by atoms with Gasteiger partial charge in [0.15, 0.2) is 10.9 Å². The van der Waals surface area contributed by atoms with Crippen molar-refractivity contribution in [2.45, 2.75) is 19.9 Å². The van der Waals surface area contributed by atoms with Crippen LogP contribution in [0.1, 0.15) is 33.3 Å². The van der Waals surface area contributed by atoms with Gasteiger partial charge in [-0.1, -0.05) is 60.1 Å². The van der Waals surface area contributed by atoms with Crippen LogP contribution in [0, 0.1) is 0 Å². The number of nitrogens with one attached hydrogen (secondary N) is 2. The number of halogens is 1. The van der Waals surface area contributed by atoms with Crippen LogP contribution in [0.5, 0.6) is 0 Å². The first-order chi connectivity index (χ1) is 16.5. The van der Waals surface area contributed by atoms with Gasteiger partial charge in [-0.15, -0.1) is 11.3 Å². The number of anilines is 2. The highest BCUT2D eigenvalue weighted by molar-refractivity contribution is 7.80. The minimum atomic E-state index is -0.382. The number of esters is 1. The lowest BCUT2D eigenvalue weighted by atomic mass is 10.1. The lowest BCUT2D eigenvalue weighted by Crippen LogP contribution is -2.20. The summed E-state index contributed by atoms with van der Waals surface area (Å²) in [6, 6.07) is 21.4. The number of nitrogens with zero attached hydrogens (tertiary/aromatic N) is 2. The van der Waals surface area contributed by atoms with Gasteiger partial charge in [0.05, 0.1) is 18.7 Å². The molecule has 0 saturated heterocycles. The molecule has 0 aliphatic heterocycles. The summed E-state index contributed by atoms with van der Waals surface area (Å²) in [6.07, 6.45) is 2.56. The summed E-state index contributed by atoms with van der Waals surface area (Å²) in [5, 5.41) is 12.4. The van der Waals surface area contributed by atoms with Crippen LogP contribution >= 0.6 is 35.2 Å². The molecule has 34 heavy (non-hydrogen) atoms. The second-order valence-electron chi connectivity index (χ2n) is 7.41. The molecule has 0 saturated carbocycles. The van der Waals surface area contributed by atoms with Crippen molar-refractivity contribution in [3.63, 3.8) is 0 Å². The maximum atomic E-state index is 12.5. The van der Waals surface area contributed by atoms with Gasteiger partial charge in [-0.05, 0) is 42.4 Å². The van der Waals surface area contributed by atoms with Crippen LogP contribution in [0.3, 0.4) is 0 Å². The molecule has 174 valence electrons. The Morgan fingerprint density at radius 3 is 2.65 bits per heavy atom. The topological polar surface area (TPSA) is 68.2 Å². The third kappa shape index (κ3) is 6.22. The van der Waals surface area contributed by atoms with E-state index in [9.17, 15) is 4.79 Å². The normalized spacial score (nSPS) is 10.6. The maximum Gasteiger partial charge on any atom is 0.341 e. The van der Waals surface area contributed by atoms with Crippen molar-refractivity contribution < 1.29 is 9.53 Å². The average Bonchev–Trinajstić information content (AvgIpc) is 3.42. The Bertz CT molecular complexity index is 1290. The molecule has 2 aromatic carbocycles. The molecule has 0 bridgehead atoms. The summed E-state index contributed by atoms with van der Waals surface area (Å²) in [5.41, 5.74) is 2.60. The van der Waals surface area contributed by atoms with E-state index in [-0.39, 0.29) is 5.97 Å². The number of thiocarbonyl (C=S) groups is 1. The molecule has 4 rings (SSSR count). The predicted molar refractivity (Wildman–Crippen MR) is 142 cm³/mol. The van der Waals surface area contributed by atoms with Gasteiger partial charge < -0.3 is 15.4 Å². The SMILES string of the molecule is CCOC(=O)c1cc(Cc2ccccc2)sc1NC(=S)Nc1ccn(Cc2ccccc2Cl)n1. The minimum Gasteiger partial charge on any atom is -0.462 e. The number of benzene rings is 2. The molecule has 0 atom stereocenters. The number of carbonyl (C=O) groups excluding carboxylic acids is 1. The monoisotopic (exact) mass is 510 g/mol. The van der Waals surface area contributed by atoms with Crippen molar-refractivity contribution in [2.24, 2.45) is 0 Å². The predicted octanol–water partition coefficient (Wildman–Crippen LogP) is 6.22. The molecule has 0 aliphatic rings. The third-order valence-electron chi connectivity index (χ3n) is 4.90. The standard InChI is InChI=1S/C25H23ClN4O2S2/c1-2-32-24(31)20-15-19(14-17-8-4-3-5-9-17)34-23(20)28-25(33)27-22-12-13-30(29-22)16-18-10-6-7-11-21(18)26/h3-13,15H,2,14,16H2,1H3,(H2,27,28,29,33). The molecule has 0 amide bonds. The molecule has 2 aromatic heterocycles. The number of aromatic nitrogens is 2. The zero-order valence-electron chi connectivity index (χ0n) is 18.5. The molecule has 4 aromatic rings. The van der Waals surface area contributed by atoms with Crippen LogP contribution < -0.4 is 10.6 Å². The van der Waals surface area contributed by atoms with Crippen LogP contribution in [0.2, 0.25) is 5.02 Å². The van der Waals surface area contributed by atoms with E-state index < -0.39 is 0 Å². The van der Waals surface area contributed by atoms with Crippen molar-refractivity contribution in [3.8, 4) is 0 Å². The zero-order valence-corrected chi connectivity index (χ0v) is 20.8. The molecule has 9 heteroatoms. The van der Waals surface area contributed by atoms with E-state index in [1.807, 2.05) is 60.8 Å². The summed E-state index contributed by atoms with van der Waals surface area (Å²) < 4.78 is 7.02. The van der Waals surface area contributed by atoms with Gasteiger partial charge in [0.25, 0.3) is 0 Å². The van der Waals surface area contributed by atoms with Crippen molar-refractivity contribution in [1.82, 2.24) is 9.78 Å². The van der Waals surface area contributed by atoms with Crippen LogP contribution in [0.4, 0.5) is 10.8 Å². The lowest BCUT2D eigenvalue weighted by Gasteiger charge is -2.09. The van der Waals surface area contributed by atoms with E-state index in [0.29, 0.717) is 46.1 Å². The first kappa shape index (κ1) is 23.9. The Morgan fingerprint density at radius 2 is 1.88 bits per heavy atom. The number of thiophene rings is 1. The molecule has 0 aliphatic carbocycles. The molecule has 0 radical (unpaired) electrons. The van der Waals surface area contributed by atoms with Gasteiger partial charge in [-0.2, -0.15) is 5.10 Å². The van der Waals surface area contributed by atoms with Gasteiger partial charge in [-0.25, -0.2) is 4.79 Å². The molecule has 2 heterocycles.